The SMILES string of the molecule is CC(C)(C)Cn1c(=O)ccc2cnc(NC3(c4ccccc4)CCC3)nc21. The third-order valence-electron chi connectivity index (χ3n) is 5.24. The van der Waals surface area contributed by atoms with Gasteiger partial charge in [-0.15, -0.1) is 0 Å². The van der Waals surface area contributed by atoms with E-state index in [-0.39, 0.29) is 16.5 Å². The summed E-state index contributed by atoms with van der Waals surface area (Å²) in [6.45, 7) is 6.98. The van der Waals surface area contributed by atoms with Crippen LogP contribution in [0.5, 0.6) is 0 Å². The molecule has 3 aromatic rings. The molecular weight excluding hydrogens is 336 g/mol. The Morgan fingerprint density at radius 1 is 1.11 bits per heavy atom. The second kappa shape index (κ2) is 6.48. The van der Waals surface area contributed by atoms with Crippen molar-refractivity contribution in [2.75, 3.05) is 5.32 Å². The summed E-state index contributed by atoms with van der Waals surface area (Å²) in [5.41, 5.74) is 1.80. The molecule has 4 rings (SSSR count). The maximum atomic E-state index is 12.5. The van der Waals surface area contributed by atoms with E-state index in [1.165, 1.54) is 12.0 Å². The first-order valence-electron chi connectivity index (χ1n) is 9.57. The van der Waals surface area contributed by atoms with Gasteiger partial charge in [-0.3, -0.25) is 9.36 Å². The van der Waals surface area contributed by atoms with Gasteiger partial charge < -0.3 is 5.32 Å². The first-order valence-corrected chi connectivity index (χ1v) is 9.57. The highest BCUT2D eigenvalue weighted by Crippen LogP contribution is 2.43. The number of aromatic nitrogens is 3. The monoisotopic (exact) mass is 362 g/mol. The lowest BCUT2D eigenvalue weighted by Crippen LogP contribution is -2.42. The van der Waals surface area contributed by atoms with Crippen molar-refractivity contribution in [1.29, 1.82) is 0 Å². The van der Waals surface area contributed by atoms with E-state index in [0.29, 0.717) is 18.1 Å². The fourth-order valence-corrected chi connectivity index (χ4v) is 3.75. The molecule has 1 N–H and O–H groups in total. The van der Waals surface area contributed by atoms with Gasteiger partial charge in [-0.25, -0.2) is 4.98 Å². The van der Waals surface area contributed by atoms with Crippen LogP contribution in [0.3, 0.4) is 0 Å². The molecule has 0 amide bonds. The van der Waals surface area contributed by atoms with Crippen molar-refractivity contribution in [3.05, 3.63) is 64.6 Å². The van der Waals surface area contributed by atoms with Crippen molar-refractivity contribution in [1.82, 2.24) is 14.5 Å². The van der Waals surface area contributed by atoms with E-state index in [4.69, 9.17) is 4.98 Å². The fourth-order valence-electron chi connectivity index (χ4n) is 3.75. The molecule has 27 heavy (non-hydrogen) atoms. The van der Waals surface area contributed by atoms with Crippen molar-refractivity contribution >= 4 is 17.0 Å². The molecule has 1 aromatic carbocycles. The zero-order valence-electron chi connectivity index (χ0n) is 16.2. The average Bonchev–Trinajstić information content (AvgIpc) is 2.60. The number of hydrogen-bond acceptors (Lipinski definition) is 4. The van der Waals surface area contributed by atoms with Crippen molar-refractivity contribution in [3.8, 4) is 0 Å². The minimum Gasteiger partial charge on any atom is -0.345 e. The van der Waals surface area contributed by atoms with Crippen LogP contribution in [0.1, 0.15) is 45.6 Å². The lowest BCUT2D eigenvalue weighted by atomic mass is 9.72. The van der Waals surface area contributed by atoms with Crippen molar-refractivity contribution in [2.24, 2.45) is 5.41 Å². The molecule has 1 aliphatic rings. The molecule has 2 aromatic heterocycles. The smallest absolute Gasteiger partial charge is 0.252 e. The van der Waals surface area contributed by atoms with Crippen LogP contribution in [0.4, 0.5) is 5.95 Å². The van der Waals surface area contributed by atoms with Crippen LogP contribution in [0.2, 0.25) is 0 Å². The summed E-state index contributed by atoms with van der Waals surface area (Å²) < 4.78 is 1.76. The standard InChI is InChI=1S/C22H26N4O/c1-21(2,3)15-26-18(27)11-10-16-14-23-20(24-19(16)26)25-22(12-7-13-22)17-8-5-4-6-9-17/h4-6,8-11,14H,7,12-13,15H2,1-3H3,(H,23,24,25). The highest BCUT2D eigenvalue weighted by molar-refractivity contribution is 5.75. The third-order valence-corrected chi connectivity index (χ3v) is 5.24. The maximum Gasteiger partial charge on any atom is 0.252 e. The van der Waals surface area contributed by atoms with Crippen LogP contribution in [0.25, 0.3) is 11.0 Å². The normalized spacial score (nSPS) is 16.1. The van der Waals surface area contributed by atoms with E-state index in [2.05, 4.69) is 55.3 Å². The first kappa shape index (κ1) is 17.7. The number of pyridine rings is 1. The van der Waals surface area contributed by atoms with E-state index in [0.717, 1.165) is 18.2 Å². The van der Waals surface area contributed by atoms with E-state index in [1.807, 2.05) is 6.07 Å². The summed E-state index contributed by atoms with van der Waals surface area (Å²) in [5, 5.41) is 4.45. The molecule has 2 heterocycles. The number of nitrogens with zero attached hydrogens (tertiary/aromatic N) is 3. The molecule has 5 nitrogen and oxygen atoms in total. The van der Waals surface area contributed by atoms with Crippen LogP contribution in [0, 0.1) is 5.41 Å². The Labute approximate surface area is 159 Å². The summed E-state index contributed by atoms with van der Waals surface area (Å²) in [6, 6.07) is 13.9. The summed E-state index contributed by atoms with van der Waals surface area (Å²) in [6.07, 6.45) is 5.11. The van der Waals surface area contributed by atoms with Crippen LogP contribution in [0.15, 0.2) is 53.5 Å². The quantitative estimate of drug-likeness (QED) is 0.750. The second-order valence-corrected chi connectivity index (χ2v) is 8.72. The Hall–Kier alpha value is -2.69. The zero-order chi connectivity index (χ0) is 19.1. The average molecular weight is 362 g/mol. The molecule has 1 saturated carbocycles. The maximum absolute atomic E-state index is 12.5. The van der Waals surface area contributed by atoms with E-state index >= 15 is 0 Å². The highest BCUT2D eigenvalue weighted by atomic mass is 16.1. The van der Waals surface area contributed by atoms with E-state index in [9.17, 15) is 4.79 Å². The van der Waals surface area contributed by atoms with Crippen molar-refractivity contribution in [2.45, 2.75) is 52.1 Å². The van der Waals surface area contributed by atoms with Crippen LogP contribution in [-0.2, 0) is 12.1 Å². The van der Waals surface area contributed by atoms with Gasteiger partial charge in [-0.05, 0) is 36.3 Å². The predicted octanol–water partition coefficient (Wildman–Crippen LogP) is 4.33. The van der Waals surface area contributed by atoms with Gasteiger partial charge in [0.05, 0.1) is 5.54 Å². The topological polar surface area (TPSA) is 59.8 Å². The molecule has 0 unspecified atom stereocenters. The fraction of sp³-hybridized carbons (Fsp3) is 0.409. The zero-order valence-corrected chi connectivity index (χ0v) is 16.2. The van der Waals surface area contributed by atoms with E-state index in [1.54, 1.807) is 22.9 Å². The summed E-state index contributed by atoms with van der Waals surface area (Å²) in [7, 11) is 0. The third kappa shape index (κ3) is 3.46. The Morgan fingerprint density at radius 2 is 1.85 bits per heavy atom. The predicted molar refractivity (Wildman–Crippen MR) is 109 cm³/mol. The number of anilines is 1. The molecule has 1 fully saturated rings. The van der Waals surface area contributed by atoms with Crippen LogP contribution in [-0.4, -0.2) is 14.5 Å². The van der Waals surface area contributed by atoms with Gasteiger partial charge in [0.15, 0.2) is 0 Å². The number of fused-ring (bicyclic) bond motifs is 1. The molecular formula is C22H26N4O. The molecule has 0 aliphatic heterocycles. The lowest BCUT2D eigenvalue weighted by Gasteiger charge is -2.43. The Bertz CT molecular complexity index is 1010. The van der Waals surface area contributed by atoms with Gasteiger partial charge in [-0.2, -0.15) is 4.98 Å². The van der Waals surface area contributed by atoms with Crippen LogP contribution >= 0.6 is 0 Å². The molecule has 0 bridgehead atoms. The Morgan fingerprint density at radius 3 is 2.48 bits per heavy atom. The van der Waals surface area contributed by atoms with Gasteiger partial charge in [0.1, 0.15) is 5.65 Å². The van der Waals surface area contributed by atoms with Gasteiger partial charge in [0.2, 0.25) is 5.95 Å². The molecule has 5 heteroatoms. The summed E-state index contributed by atoms with van der Waals surface area (Å²) in [4.78, 5) is 21.8. The van der Waals surface area contributed by atoms with Gasteiger partial charge in [-0.1, -0.05) is 51.1 Å². The molecule has 140 valence electrons. The molecule has 0 spiro atoms. The number of benzene rings is 1. The Kier molecular flexibility index (Phi) is 4.25. The summed E-state index contributed by atoms with van der Waals surface area (Å²) >= 11 is 0. The minimum atomic E-state index is -0.112. The first-order chi connectivity index (χ1) is 12.9. The van der Waals surface area contributed by atoms with Crippen LogP contribution < -0.4 is 10.9 Å². The number of rotatable bonds is 4. The Balaban J connectivity index is 1.75. The van der Waals surface area contributed by atoms with Gasteiger partial charge >= 0.3 is 0 Å². The van der Waals surface area contributed by atoms with Crippen molar-refractivity contribution in [3.63, 3.8) is 0 Å². The molecule has 0 radical (unpaired) electrons. The molecule has 0 saturated heterocycles. The number of nitrogens with one attached hydrogen (secondary N) is 1. The summed E-state index contributed by atoms with van der Waals surface area (Å²) in [5.74, 6) is 0.583. The largest absolute Gasteiger partial charge is 0.345 e. The van der Waals surface area contributed by atoms with Gasteiger partial charge in [0, 0.05) is 24.2 Å². The van der Waals surface area contributed by atoms with Crippen molar-refractivity contribution < 1.29 is 0 Å². The molecule has 1 aliphatic carbocycles. The minimum absolute atomic E-state index is 0.0180. The lowest BCUT2D eigenvalue weighted by molar-refractivity contribution is 0.282. The highest BCUT2D eigenvalue weighted by Gasteiger charge is 2.39. The van der Waals surface area contributed by atoms with Gasteiger partial charge in [0.25, 0.3) is 5.56 Å². The number of hydrogen-bond donors (Lipinski definition) is 1. The second-order valence-electron chi connectivity index (χ2n) is 8.72. The molecule has 0 atom stereocenters. The van der Waals surface area contributed by atoms with E-state index < -0.39 is 0 Å².